The maximum Gasteiger partial charge on any atom is 0.0641 e. The van der Waals surface area contributed by atoms with Crippen molar-refractivity contribution in [1.29, 1.82) is 0 Å². The van der Waals surface area contributed by atoms with Crippen molar-refractivity contribution in [3.8, 4) is 0 Å². The molecule has 1 aliphatic rings. The SMILES string of the molecule is CCn1nc(C)c(CN2CC[C@@H](c3ccccc3Cl)C2)c1C. The number of rotatable bonds is 4. The fourth-order valence-electron chi connectivity index (χ4n) is 3.53. The van der Waals surface area contributed by atoms with Crippen LogP contribution < -0.4 is 0 Å². The van der Waals surface area contributed by atoms with Gasteiger partial charge in [-0.2, -0.15) is 5.10 Å². The minimum Gasteiger partial charge on any atom is -0.298 e. The molecule has 0 saturated carbocycles. The predicted octanol–water partition coefficient (Wildman–Crippen LogP) is 4.16. The fraction of sp³-hybridized carbons (Fsp3) is 0.500. The van der Waals surface area contributed by atoms with Crippen LogP contribution in [-0.4, -0.2) is 27.8 Å². The molecule has 1 aromatic carbocycles. The lowest BCUT2D eigenvalue weighted by molar-refractivity contribution is 0.325. The fourth-order valence-corrected chi connectivity index (χ4v) is 3.82. The van der Waals surface area contributed by atoms with E-state index in [1.165, 1.54) is 28.9 Å². The third-order valence-corrected chi connectivity index (χ3v) is 5.17. The van der Waals surface area contributed by atoms with Crippen molar-refractivity contribution in [3.63, 3.8) is 0 Å². The molecule has 1 fully saturated rings. The van der Waals surface area contributed by atoms with E-state index in [1.54, 1.807) is 0 Å². The van der Waals surface area contributed by atoms with E-state index in [4.69, 9.17) is 11.6 Å². The topological polar surface area (TPSA) is 21.1 Å². The highest BCUT2D eigenvalue weighted by Crippen LogP contribution is 2.33. The van der Waals surface area contributed by atoms with E-state index in [-0.39, 0.29) is 0 Å². The Morgan fingerprint density at radius 1 is 1.27 bits per heavy atom. The molecule has 0 bridgehead atoms. The smallest absolute Gasteiger partial charge is 0.0641 e. The zero-order valence-corrected chi connectivity index (χ0v) is 14.4. The van der Waals surface area contributed by atoms with Gasteiger partial charge in [0.15, 0.2) is 0 Å². The first-order valence-electron chi connectivity index (χ1n) is 8.09. The van der Waals surface area contributed by atoms with Gasteiger partial charge in [0.1, 0.15) is 0 Å². The van der Waals surface area contributed by atoms with Crippen LogP contribution in [-0.2, 0) is 13.1 Å². The van der Waals surface area contributed by atoms with E-state index < -0.39 is 0 Å². The lowest BCUT2D eigenvalue weighted by Crippen LogP contribution is -2.20. The van der Waals surface area contributed by atoms with Crippen LogP contribution in [0, 0.1) is 13.8 Å². The van der Waals surface area contributed by atoms with Crippen molar-refractivity contribution in [2.24, 2.45) is 0 Å². The summed E-state index contributed by atoms with van der Waals surface area (Å²) in [5, 5.41) is 5.53. The van der Waals surface area contributed by atoms with Gasteiger partial charge < -0.3 is 0 Å². The second-order valence-corrected chi connectivity index (χ2v) is 6.61. The molecule has 1 aliphatic heterocycles. The number of aryl methyl sites for hydroxylation is 2. The summed E-state index contributed by atoms with van der Waals surface area (Å²) in [6.45, 7) is 10.6. The number of nitrogens with zero attached hydrogens (tertiary/aromatic N) is 3. The molecule has 3 nitrogen and oxygen atoms in total. The highest BCUT2D eigenvalue weighted by Gasteiger charge is 2.26. The summed E-state index contributed by atoms with van der Waals surface area (Å²) in [6.07, 6.45) is 1.18. The van der Waals surface area contributed by atoms with Crippen LogP contribution in [0.15, 0.2) is 24.3 Å². The predicted molar refractivity (Wildman–Crippen MR) is 91.5 cm³/mol. The number of likely N-dealkylation sites (tertiary alicyclic amines) is 1. The van der Waals surface area contributed by atoms with Gasteiger partial charge >= 0.3 is 0 Å². The molecular formula is C18H24ClN3. The molecule has 0 unspecified atom stereocenters. The summed E-state index contributed by atoms with van der Waals surface area (Å²) in [6, 6.07) is 8.26. The van der Waals surface area contributed by atoms with E-state index in [9.17, 15) is 0 Å². The van der Waals surface area contributed by atoms with Gasteiger partial charge in [0.05, 0.1) is 5.69 Å². The van der Waals surface area contributed by atoms with Crippen LogP contribution in [0.3, 0.4) is 0 Å². The Kier molecular flexibility index (Phi) is 4.55. The van der Waals surface area contributed by atoms with Crippen molar-refractivity contribution < 1.29 is 0 Å². The third kappa shape index (κ3) is 2.92. The zero-order chi connectivity index (χ0) is 15.7. The quantitative estimate of drug-likeness (QED) is 0.844. The van der Waals surface area contributed by atoms with Gasteiger partial charge in [-0.3, -0.25) is 9.58 Å². The van der Waals surface area contributed by atoms with Crippen molar-refractivity contribution in [2.75, 3.05) is 13.1 Å². The van der Waals surface area contributed by atoms with E-state index in [0.717, 1.165) is 31.2 Å². The van der Waals surface area contributed by atoms with Crippen molar-refractivity contribution in [2.45, 2.75) is 46.2 Å². The maximum atomic E-state index is 6.35. The van der Waals surface area contributed by atoms with Crippen LogP contribution in [0.2, 0.25) is 5.02 Å². The second kappa shape index (κ2) is 6.43. The molecule has 118 valence electrons. The Bertz CT molecular complexity index is 662. The van der Waals surface area contributed by atoms with Crippen LogP contribution in [0.5, 0.6) is 0 Å². The summed E-state index contributed by atoms with van der Waals surface area (Å²) >= 11 is 6.35. The zero-order valence-electron chi connectivity index (χ0n) is 13.6. The molecule has 0 amide bonds. The average molecular weight is 318 g/mol. The summed E-state index contributed by atoms with van der Waals surface area (Å²) in [5.41, 5.74) is 5.16. The molecule has 0 radical (unpaired) electrons. The standard InChI is InChI=1S/C18H24ClN3/c1-4-22-14(3)17(13(2)20-22)12-21-10-9-15(11-21)16-7-5-6-8-18(16)19/h5-8,15H,4,9-12H2,1-3H3/t15-/m1/s1. The molecule has 1 saturated heterocycles. The van der Waals surface area contributed by atoms with Gasteiger partial charge in [-0.15, -0.1) is 0 Å². The Labute approximate surface area is 137 Å². The largest absolute Gasteiger partial charge is 0.298 e. The second-order valence-electron chi connectivity index (χ2n) is 6.21. The summed E-state index contributed by atoms with van der Waals surface area (Å²) in [7, 11) is 0. The van der Waals surface area contributed by atoms with Crippen molar-refractivity contribution >= 4 is 11.6 Å². The molecule has 3 rings (SSSR count). The average Bonchev–Trinajstić information content (AvgIpc) is 3.07. The summed E-state index contributed by atoms with van der Waals surface area (Å²) < 4.78 is 2.10. The molecule has 1 aromatic heterocycles. The number of hydrogen-bond donors (Lipinski definition) is 0. The number of halogens is 1. The van der Waals surface area contributed by atoms with Gasteiger partial charge in [0.25, 0.3) is 0 Å². The molecule has 0 spiro atoms. The molecule has 2 heterocycles. The summed E-state index contributed by atoms with van der Waals surface area (Å²) in [4.78, 5) is 2.53. The minimum absolute atomic E-state index is 0.551. The van der Waals surface area contributed by atoms with Gasteiger partial charge in [-0.1, -0.05) is 29.8 Å². The first-order valence-corrected chi connectivity index (χ1v) is 8.47. The summed E-state index contributed by atoms with van der Waals surface area (Å²) in [5.74, 6) is 0.551. The van der Waals surface area contributed by atoms with Crippen LogP contribution in [0.1, 0.15) is 41.8 Å². The minimum atomic E-state index is 0.551. The number of aromatic nitrogens is 2. The number of hydrogen-bond acceptors (Lipinski definition) is 2. The van der Waals surface area contributed by atoms with E-state index in [0.29, 0.717) is 5.92 Å². The molecule has 0 aliphatic carbocycles. The van der Waals surface area contributed by atoms with Gasteiger partial charge in [-0.05, 0) is 51.3 Å². The van der Waals surface area contributed by atoms with Crippen LogP contribution in [0.25, 0.3) is 0 Å². The highest BCUT2D eigenvalue weighted by molar-refractivity contribution is 6.31. The van der Waals surface area contributed by atoms with E-state index in [2.05, 4.69) is 47.6 Å². The van der Waals surface area contributed by atoms with Gasteiger partial charge in [0.2, 0.25) is 0 Å². The van der Waals surface area contributed by atoms with Crippen LogP contribution in [0.4, 0.5) is 0 Å². The Hall–Kier alpha value is -1.32. The molecule has 0 N–H and O–H groups in total. The van der Waals surface area contributed by atoms with Gasteiger partial charge in [-0.25, -0.2) is 0 Å². The van der Waals surface area contributed by atoms with E-state index in [1.807, 2.05) is 12.1 Å². The molecule has 22 heavy (non-hydrogen) atoms. The normalized spacial score (nSPS) is 19.0. The lowest BCUT2D eigenvalue weighted by atomic mass is 9.98. The first-order chi connectivity index (χ1) is 10.6. The number of benzene rings is 1. The Morgan fingerprint density at radius 2 is 2.05 bits per heavy atom. The Morgan fingerprint density at radius 3 is 2.73 bits per heavy atom. The molecule has 2 aromatic rings. The van der Waals surface area contributed by atoms with E-state index >= 15 is 0 Å². The van der Waals surface area contributed by atoms with Gasteiger partial charge in [0, 0.05) is 35.9 Å². The van der Waals surface area contributed by atoms with Crippen molar-refractivity contribution in [3.05, 3.63) is 51.8 Å². The molecule has 4 heteroatoms. The monoisotopic (exact) mass is 317 g/mol. The molecular weight excluding hydrogens is 294 g/mol. The Balaban J connectivity index is 1.72. The first kappa shape index (κ1) is 15.6. The maximum absolute atomic E-state index is 6.35. The third-order valence-electron chi connectivity index (χ3n) is 4.83. The lowest BCUT2D eigenvalue weighted by Gasteiger charge is -2.17. The molecule has 1 atom stereocenters. The van der Waals surface area contributed by atoms with Crippen LogP contribution >= 0.6 is 11.6 Å². The van der Waals surface area contributed by atoms with Crippen molar-refractivity contribution in [1.82, 2.24) is 14.7 Å². The highest BCUT2D eigenvalue weighted by atomic mass is 35.5.